The van der Waals surface area contributed by atoms with Gasteiger partial charge in [0.05, 0.1) is 6.20 Å². The average Bonchev–Trinajstić information content (AvgIpc) is 1.90. The number of nitrogens with zero attached hydrogens (tertiary/aromatic N) is 2. The van der Waals surface area contributed by atoms with Gasteiger partial charge >= 0.3 is 0 Å². The van der Waals surface area contributed by atoms with E-state index < -0.39 is 0 Å². The number of rotatable bonds is 1. The Bertz CT molecular complexity index is 203. The first-order chi connectivity index (χ1) is 4.30. The molecule has 2 heteroatoms. The number of aromatic nitrogens is 1. The van der Waals surface area contributed by atoms with E-state index in [9.17, 15) is 0 Å². The van der Waals surface area contributed by atoms with Crippen LogP contribution in [0.5, 0.6) is 0 Å². The Labute approximate surface area is 54.5 Å². The molecule has 46 valence electrons. The first-order valence-electron chi connectivity index (χ1n) is 2.75. The van der Waals surface area contributed by atoms with Gasteiger partial charge in [0.2, 0.25) is 5.69 Å². The van der Waals surface area contributed by atoms with Crippen LogP contribution in [0.1, 0.15) is 0 Å². The van der Waals surface area contributed by atoms with Crippen molar-refractivity contribution >= 4 is 12.4 Å². The van der Waals surface area contributed by atoms with Gasteiger partial charge in [-0.2, -0.15) is 0 Å². The molecule has 9 heavy (non-hydrogen) atoms. The lowest BCUT2D eigenvalue weighted by Crippen LogP contribution is -1.91. The van der Waals surface area contributed by atoms with Crippen molar-refractivity contribution in [2.45, 2.75) is 0 Å². The fraction of sp³-hybridized carbons (Fsp3) is 0.143. The van der Waals surface area contributed by atoms with Crippen LogP contribution in [-0.2, 0) is 0 Å². The summed E-state index contributed by atoms with van der Waals surface area (Å²) in [7, 11) is 1.89. The smallest absolute Gasteiger partial charge is 0.222 e. The summed E-state index contributed by atoms with van der Waals surface area (Å²) in [4.78, 5) is 3.92. The summed E-state index contributed by atoms with van der Waals surface area (Å²) in [5.41, 5.74) is 1.03. The molecular formula is C7H9N2+. The highest BCUT2D eigenvalue weighted by atomic mass is 14.9. The van der Waals surface area contributed by atoms with E-state index in [0.717, 1.165) is 5.69 Å². The van der Waals surface area contributed by atoms with E-state index in [1.165, 1.54) is 0 Å². The van der Waals surface area contributed by atoms with Crippen molar-refractivity contribution in [3.8, 4) is 0 Å². The molecule has 0 fully saturated rings. The normalized spacial score (nSPS) is 9.00. The van der Waals surface area contributed by atoms with Crippen LogP contribution in [0.15, 0.2) is 24.5 Å². The quantitative estimate of drug-likeness (QED) is 0.400. The molecule has 0 bridgehead atoms. The molecule has 0 unspecified atom stereocenters. The highest BCUT2D eigenvalue weighted by Crippen LogP contribution is 2.03. The van der Waals surface area contributed by atoms with Gasteiger partial charge in [0.15, 0.2) is 0 Å². The minimum absolute atomic E-state index is 1.03. The fourth-order valence-corrected chi connectivity index (χ4v) is 0.580. The van der Waals surface area contributed by atoms with Gasteiger partial charge in [-0.25, -0.2) is 4.58 Å². The molecular weight excluding hydrogens is 112 g/mol. The first kappa shape index (κ1) is 5.95. The molecule has 1 heterocycles. The van der Waals surface area contributed by atoms with E-state index >= 15 is 0 Å². The summed E-state index contributed by atoms with van der Waals surface area (Å²) in [6.45, 7) is 3.70. The highest BCUT2D eigenvalue weighted by Gasteiger charge is 1.94. The third-order valence-electron chi connectivity index (χ3n) is 1.09. The van der Waals surface area contributed by atoms with Crippen LogP contribution in [0.3, 0.4) is 0 Å². The topological polar surface area (TPSA) is 15.9 Å². The maximum atomic E-state index is 3.92. The molecule has 1 aromatic rings. The van der Waals surface area contributed by atoms with Crippen molar-refractivity contribution in [2.24, 2.45) is 0 Å². The van der Waals surface area contributed by atoms with Crippen LogP contribution in [0.25, 0.3) is 0 Å². The molecule has 0 saturated heterocycles. The first-order valence-corrected chi connectivity index (χ1v) is 2.75. The molecule has 0 aliphatic carbocycles. The van der Waals surface area contributed by atoms with Gasteiger partial charge < -0.3 is 0 Å². The molecule has 1 aromatic heterocycles. The minimum Gasteiger partial charge on any atom is -0.258 e. The third-order valence-corrected chi connectivity index (χ3v) is 1.09. The maximum Gasteiger partial charge on any atom is 0.222 e. The van der Waals surface area contributed by atoms with Crippen molar-refractivity contribution in [2.75, 3.05) is 7.05 Å². The molecule has 0 radical (unpaired) electrons. The summed E-state index contributed by atoms with van der Waals surface area (Å²) in [5.74, 6) is 0. The fourth-order valence-electron chi connectivity index (χ4n) is 0.580. The zero-order valence-corrected chi connectivity index (χ0v) is 5.41. The second-order valence-corrected chi connectivity index (χ2v) is 1.91. The summed E-state index contributed by atoms with van der Waals surface area (Å²) >= 11 is 0. The van der Waals surface area contributed by atoms with Crippen LogP contribution in [0.2, 0.25) is 0 Å². The zero-order valence-electron chi connectivity index (χ0n) is 5.41. The summed E-state index contributed by atoms with van der Waals surface area (Å²) < 4.78 is 1.77. The third kappa shape index (κ3) is 1.35. The lowest BCUT2D eigenvalue weighted by molar-refractivity contribution is -0.395. The Balaban J connectivity index is 2.98. The molecule has 2 nitrogen and oxygen atoms in total. The van der Waals surface area contributed by atoms with E-state index in [4.69, 9.17) is 0 Å². The lowest BCUT2D eigenvalue weighted by atomic mass is 10.4. The van der Waals surface area contributed by atoms with Crippen LogP contribution in [0, 0.1) is 0 Å². The van der Waals surface area contributed by atoms with E-state index in [2.05, 4.69) is 11.7 Å². The predicted octanol–water partition coefficient (Wildman–Crippen LogP) is 1.06. The lowest BCUT2D eigenvalue weighted by Gasteiger charge is -1.88. The van der Waals surface area contributed by atoms with Crippen molar-refractivity contribution < 1.29 is 4.58 Å². The largest absolute Gasteiger partial charge is 0.258 e. The molecule has 0 N–H and O–H groups in total. The van der Waals surface area contributed by atoms with Gasteiger partial charge in [0.25, 0.3) is 0 Å². The van der Waals surface area contributed by atoms with E-state index in [1.807, 2.05) is 19.2 Å². The Morgan fingerprint density at radius 3 is 2.78 bits per heavy atom. The van der Waals surface area contributed by atoms with Gasteiger partial charge in [-0.15, -0.1) is 0 Å². The Kier molecular flexibility index (Phi) is 1.58. The summed E-state index contributed by atoms with van der Waals surface area (Å²) in [5, 5.41) is 0. The second kappa shape index (κ2) is 2.40. The van der Waals surface area contributed by atoms with E-state index in [1.54, 1.807) is 17.0 Å². The maximum absolute atomic E-state index is 3.92. The van der Waals surface area contributed by atoms with Gasteiger partial charge in [-0.05, 0) is 6.07 Å². The second-order valence-electron chi connectivity index (χ2n) is 1.91. The standard InChI is InChI=1S/C7H9N2/c1-9(2)7-4-3-5-8-6-7/h3-6H,1H2,2H3/q+1. The molecule has 0 amide bonds. The molecule has 0 aliphatic heterocycles. The monoisotopic (exact) mass is 121 g/mol. The van der Waals surface area contributed by atoms with Crippen LogP contribution in [0.4, 0.5) is 5.69 Å². The Morgan fingerprint density at radius 2 is 2.44 bits per heavy atom. The predicted molar refractivity (Wildman–Crippen MR) is 37.2 cm³/mol. The molecule has 0 aromatic carbocycles. The number of hydrogen-bond donors (Lipinski definition) is 0. The van der Waals surface area contributed by atoms with Crippen LogP contribution < -0.4 is 0 Å². The van der Waals surface area contributed by atoms with Gasteiger partial charge in [0.1, 0.15) is 13.8 Å². The highest BCUT2D eigenvalue weighted by molar-refractivity contribution is 5.29. The van der Waals surface area contributed by atoms with Crippen molar-refractivity contribution in [3.63, 3.8) is 0 Å². The van der Waals surface area contributed by atoms with E-state index in [-0.39, 0.29) is 0 Å². The van der Waals surface area contributed by atoms with Crippen molar-refractivity contribution in [3.05, 3.63) is 24.5 Å². The number of pyridine rings is 1. The minimum atomic E-state index is 1.03. The van der Waals surface area contributed by atoms with Crippen LogP contribution >= 0.6 is 0 Å². The molecule has 0 atom stereocenters. The summed E-state index contributed by atoms with van der Waals surface area (Å²) in [6.07, 6.45) is 3.51. The van der Waals surface area contributed by atoms with Crippen molar-refractivity contribution in [1.82, 2.24) is 4.98 Å². The molecule has 0 saturated carbocycles. The van der Waals surface area contributed by atoms with Gasteiger partial charge in [-0.3, -0.25) is 4.98 Å². The average molecular weight is 121 g/mol. The Hall–Kier alpha value is -1.18. The van der Waals surface area contributed by atoms with Gasteiger partial charge in [0, 0.05) is 12.3 Å². The summed E-state index contributed by atoms with van der Waals surface area (Å²) in [6, 6.07) is 3.84. The van der Waals surface area contributed by atoms with Crippen molar-refractivity contribution in [1.29, 1.82) is 0 Å². The Morgan fingerprint density at radius 1 is 1.67 bits per heavy atom. The number of hydrogen-bond acceptors (Lipinski definition) is 1. The zero-order chi connectivity index (χ0) is 6.69. The molecule has 0 aliphatic rings. The van der Waals surface area contributed by atoms with Crippen LogP contribution in [-0.4, -0.2) is 23.3 Å². The van der Waals surface area contributed by atoms with E-state index in [0.29, 0.717) is 0 Å². The van der Waals surface area contributed by atoms with Gasteiger partial charge in [-0.1, -0.05) is 0 Å². The molecule has 1 rings (SSSR count). The SMILES string of the molecule is C=[N+](C)c1cccnc1. The molecule has 0 spiro atoms.